The Morgan fingerprint density at radius 3 is 2.33 bits per heavy atom. The molecule has 2 aromatic carbocycles. The van der Waals surface area contributed by atoms with Gasteiger partial charge in [0.05, 0.1) is 17.3 Å². The van der Waals surface area contributed by atoms with E-state index in [-0.39, 0.29) is 5.91 Å². The number of hydrogen-bond acceptors (Lipinski definition) is 4. The molecule has 1 N–H and O–H groups in total. The Bertz CT molecular complexity index is 802. The number of carbonyl (C=O) groups excluding carboxylic acids is 2. The van der Waals surface area contributed by atoms with Crippen molar-refractivity contribution in [1.29, 1.82) is 0 Å². The SMILES string of the molecule is CCOC(=O)Nc1ccc(C(=O)N2CCN(c3ccccc3Cl)CC2)cc1. The molecule has 3 rings (SSSR count). The van der Waals surface area contributed by atoms with Crippen LogP contribution >= 0.6 is 11.6 Å². The molecule has 0 spiro atoms. The fourth-order valence-electron chi connectivity index (χ4n) is 3.02. The van der Waals surface area contributed by atoms with Crippen LogP contribution in [-0.2, 0) is 4.74 Å². The Morgan fingerprint density at radius 2 is 1.70 bits per heavy atom. The third kappa shape index (κ3) is 4.71. The Balaban J connectivity index is 1.57. The van der Waals surface area contributed by atoms with Gasteiger partial charge in [0, 0.05) is 37.4 Å². The molecule has 0 bridgehead atoms. The van der Waals surface area contributed by atoms with Gasteiger partial charge in [-0.15, -0.1) is 0 Å². The Labute approximate surface area is 163 Å². The van der Waals surface area contributed by atoms with Gasteiger partial charge in [-0.3, -0.25) is 10.1 Å². The number of para-hydroxylation sites is 1. The van der Waals surface area contributed by atoms with E-state index < -0.39 is 6.09 Å². The summed E-state index contributed by atoms with van der Waals surface area (Å²) in [6.07, 6.45) is -0.507. The maximum absolute atomic E-state index is 12.7. The molecule has 0 aliphatic carbocycles. The molecule has 1 aliphatic heterocycles. The van der Waals surface area contributed by atoms with Crippen LogP contribution in [0.3, 0.4) is 0 Å². The summed E-state index contributed by atoms with van der Waals surface area (Å²) in [7, 11) is 0. The Kier molecular flexibility index (Phi) is 6.19. The van der Waals surface area contributed by atoms with Crippen molar-refractivity contribution in [3.8, 4) is 0 Å². The van der Waals surface area contributed by atoms with Crippen molar-refractivity contribution < 1.29 is 14.3 Å². The molecule has 1 heterocycles. The molecule has 1 aliphatic rings. The van der Waals surface area contributed by atoms with E-state index in [2.05, 4.69) is 10.2 Å². The number of halogens is 1. The Hall–Kier alpha value is -2.73. The molecule has 0 radical (unpaired) electrons. The average Bonchev–Trinajstić information content (AvgIpc) is 2.69. The topological polar surface area (TPSA) is 61.9 Å². The van der Waals surface area contributed by atoms with Gasteiger partial charge in [0.2, 0.25) is 0 Å². The maximum Gasteiger partial charge on any atom is 0.411 e. The molecule has 7 heteroatoms. The maximum atomic E-state index is 12.7. The average molecular weight is 388 g/mol. The highest BCUT2D eigenvalue weighted by atomic mass is 35.5. The van der Waals surface area contributed by atoms with Crippen molar-refractivity contribution in [2.45, 2.75) is 6.92 Å². The highest BCUT2D eigenvalue weighted by molar-refractivity contribution is 6.33. The highest BCUT2D eigenvalue weighted by Crippen LogP contribution is 2.26. The number of ether oxygens (including phenoxy) is 1. The number of anilines is 2. The zero-order valence-corrected chi connectivity index (χ0v) is 15.9. The fourth-order valence-corrected chi connectivity index (χ4v) is 3.28. The van der Waals surface area contributed by atoms with Crippen LogP contribution in [0.15, 0.2) is 48.5 Å². The van der Waals surface area contributed by atoms with Crippen LogP contribution in [0.1, 0.15) is 17.3 Å². The lowest BCUT2D eigenvalue weighted by Gasteiger charge is -2.36. The minimum Gasteiger partial charge on any atom is -0.450 e. The second-order valence-electron chi connectivity index (χ2n) is 6.15. The van der Waals surface area contributed by atoms with E-state index in [1.807, 2.05) is 29.2 Å². The van der Waals surface area contributed by atoms with Gasteiger partial charge in [-0.1, -0.05) is 23.7 Å². The van der Waals surface area contributed by atoms with Gasteiger partial charge >= 0.3 is 6.09 Å². The number of carbonyl (C=O) groups is 2. The minimum atomic E-state index is -0.507. The molecule has 0 unspecified atom stereocenters. The van der Waals surface area contributed by atoms with Crippen LogP contribution in [0.2, 0.25) is 5.02 Å². The number of piperazine rings is 1. The molecule has 142 valence electrons. The van der Waals surface area contributed by atoms with Crippen LogP contribution in [-0.4, -0.2) is 49.7 Å². The first kappa shape index (κ1) is 19.0. The van der Waals surface area contributed by atoms with Crippen LogP contribution in [0.4, 0.5) is 16.2 Å². The van der Waals surface area contributed by atoms with Crippen molar-refractivity contribution in [2.24, 2.45) is 0 Å². The van der Waals surface area contributed by atoms with E-state index in [1.165, 1.54) is 0 Å². The summed E-state index contributed by atoms with van der Waals surface area (Å²) in [4.78, 5) is 28.2. The van der Waals surface area contributed by atoms with Crippen molar-refractivity contribution >= 4 is 35.0 Å². The second kappa shape index (κ2) is 8.77. The first-order chi connectivity index (χ1) is 13.1. The molecule has 0 saturated carbocycles. The molecule has 2 aromatic rings. The van der Waals surface area contributed by atoms with Crippen LogP contribution in [0, 0.1) is 0 Å². The number of nitrogens with one attached hydrogen (secondary N) is 1. The first-order valence-electron chi connectivity index (χ1n) is 8.91. The van der Waals surface area contributed by atoms with E-state index in [4.69, 9.17) is 16.3 Å². The van der Waals surface area contributed by atoms with Crippen molar-refractivity contribution in [3.63, 3.8) is 0 Å². The smallest absolute Gasteiger partial charge is 0.411 e. The zero-order chi connectivity index (χ0) is 19.2. The van der Waals surface area contributed by atoms with Gasteiger partial charge in [0.25, 0.3) is 5.91 Å². The van der Waals surface area contributed by atoms with E-state index in [1.54, 1.807) is 31.2 Å². The summed E-state index contributed by atoms with van der Waals surface area (Å²) < 4.78 is 4.83. The summed E-state index contributed by atoms with van der Waals surface area (Å²) in [5.74, 6) is -0.0171. The zero-order valence-electron chi connectivity index (χ0n) is 15.2. The number of hydrogen-bond donors (Lipinski definition) is 1. The molecular weight excluding hydrogens is 366 g/mol. The fraction of sp³-hybridized carbons (Fsp3) is 0.300. The van der Waals surface area contributed by atoms with Gasteiger partial charge < -0.3 is 14.5 Å². The highest BCUT2D eigenvalue weighted by Gasteiger charge is 2.23. The van der Waals surface area contributed by atoms with Crippen LogP contribution in [0.5, 0.6) is 0 Å². The number of amides is 2. The summed E-state index contributed by atoms with van der Waals surface area (Å²) in [6, 6.07) is 14.6. The predicted octanol–water partition coefficient (Wildman–Crippen LogP) is 3.87. The summed E-state index contributed by atoms with van der Waals surface area (Å²) in [5.41, 5.74) is 2.18. The summed E-state index contributed by atoms with van der Waals surface area (Å²) in [5, 5.41) is 3.34. The lowest BCUT2D eigenvalue weighted by molar-refractivity contribution is 0.0747. The lowest BCUT2D eigenvalue weighted by atomic mass is 10.1. The van der Waals surface area contributed by atoms with E-state index in [0.717, 1.165) is 23.8 Å². The molecule has 0 atom stereocenters. The van der Waals surface area contributed by atoms with Crippen LogP contribution in [0.25, 0.3) is 0 Å². The Morgan fingerprint density at radius 1 is 1.04 bits per heavy atom. The molecule has 6 nitrogen and oxygen atoms in total. The normalized spacial score (nSPS) is 14.0. The monoisotopic (exact) mass is 387 g/mol. The minimum absolute atomic E-state index is 0.0171. The quantitative estimate of drug-likeness (QED) is 0.865. The number of nitrogens with zero attached hydrogens (tertiary/aromatic N) is 2. The molecule has 1 fully saturated rings. The van der Waals surface area contributed by atoms with Crippen molar-refractivity contribution in [1.82, 2.24) is 4.90 Å². The molecule has 2 amide bonds. The molecule has 0 aromatic heterocycles. The standard InChI is InChI=1S/C20H22ClN3O3/c1-2-27-20(26)22-16-9-7-15(8-10-16)19(25)24-13-11-23(12-14-24)18-6-4-3-5-17(18)21/h3-10H,2,11-14H2,1H3,(H,22,26). The van der Waals surface area contributed by atoms with E-state index >= 15 is 0 Å². The first-order valence-corrected chi connectivity index (χ1v) is 9.29. The number of rotatable bonds is 4. The summed E-state index contributed by atoms with van der Waals surface area (Å²) >= 11 is 6.26. The van der Waals surface area contributed by atoms with Gasteiger partial charge in [-0.2, -0.15) is 0 Å². The van der Waals surface area contributed by atoms with Crippen molar-refractivity contribution in [2.75, 3.05) is 43.0 Å². The van der Waals surface area contributed by atoms with Gasteiger partial charge in [0.15, 0.2) is 0 Å². The van der Waals surface area contributed by atoms with E-state index in [0.29, 0.717) is 30.9 Å². The van der Waals surface area contributed by atoms with Crippen molar-refractivity contribution in [3.05, 3.63) is 59.1 Å². The largest absolute Gasteiger partial charge is 0.450 e. The third-order valence-electron chi connectivity index (χ3n) is 4.41. The number of benzene rings is 2. The van der Waals surface area contributed by atoms with Gasteiger partial charge in [-0.25, -0.2) is 4.79 Å². The third-order valence-corrected chi connectivity index (χ3v) is 4.73. The van der Waals surface area contributed by atoms with Gasteiger partial charge in [0.1, 0.15) is 0 Å². The lowest BCUT2D eigenvalue weighted by Crippen LogP contribution is -2.48. The predicted molar refractivity (Wildman–Crippen MR) is 107 cm³/mol. The molecule has 27 heavy (non-hydrogen) atoms. The molecular formula is C20H22ClN3O3. The van der Waals surface area contributed by atoms with E-state index in [9.17, 15) is 9.59 Å². The summed E-state index contributed by atoms with van der Waals surface area (Å²) in [6.45, 7) is 4.78. The second-order valence-corrected chi connectivity index (χ2v) is 6.56. The van der Waals surface area contributed by atoms with Crippen LogP contribution < -0.4 is 10.2 Å². The van der Waals surface area contributed by atoms with Gasteiger partial charge in [-0.05, 0) is 43.3 Å². The molecule has 1 saturated heterocycles.